The molecule has 0 aliphatic rings. The van der Waals surface area contributed by atoms with Crippen LogP contribution in [0.1, 0.15) is 17.0 Å². The van der Waals surface area contributed by atoms with Gasteiger partial charge in [0.25, 0.3) is 0 Å². The Hall–Kier alpha value is -1.65. The molecule has 1 aromatic carbocycles. The van der Waals surface area contributed by atoms with Crippen LogP contribution >= 0.6 is 15.9 Å². The number of nitriles is 1. The number of halogens is 1. The van der Waals surface area contributed by atoms with Crippen LogP contribution in [-0.4, -0.2) is 24.0 Å². The van der Waals surface area contributed by atoms with Crippen molar-refractivity contribution in [1.29, 1.82) is 5.26 Å². The minimum Gasteiger partial charge on any atom is -0.267 e. The largest absolute Gasteiger partial charge is 0.267 e. The standard InChI is InChI=1S/C14H14BrN3O2S/c1-10-14(15)11(2)18(17-10)6-7-21(19,20)13-5-3-4-12(8-13)9-16/h3-5,8H,6-7H2,1-2H3. The highest BCUT2D eigenvalue weighted by molar-refractivity contribution is 9.10. The summed E-state index contributed by atoms with van der Waals surface area (Å²) in [7, 11) is -3.44. The van der Waals surface area contributed by atoms with E-state index in [1.165, 1.54) is 12.1 Å². The van der Waals surface area contributed by atoms with E-state index >= 15 is 0 Å². The first-order valence-corrected chi connectivity index (χ1v) is 8.72. The minimum absolute atomic E-state index is 0.0592. The quantitative estimate of drug-likeness (QED) is 0.831. The molecule has 7 heteroatoms. The Labute approximate surface area is 132 Å². The molecule has 0 radical (unpaired) electrons. The predicted molar refractivity (Wildman–Crippen MR) is 82.6 cm³/mol. The zero-order valence-electron chi connectivity index (χ0n) is 11.7. The molecule has 0 amide bonds. The van der Waals surface area contributed by atoms with E-state index in [0.29, 0.717) is 5.56 Å². The number of rotatable bonds is 4. The maximum absolute atomic E-state index is 12.3. The van der Waals surface area contributed by atoms with Crippen LogP contribution in [0, 0.1) is 25.2 Å². The van der Waals surface area contributed by atoms with Gasteiger partial charge in [-0.05, 0) is 48.0 Å². The van der Waals surface area contributed by atoms with Gasteiger partial charge in [-0.1, -0.05) is 6.07 Å². The summed E-state index contributed by atoms with van der Waals surface area (Å²) in [5.41, 5.74) is 2.06. The van der Waals surface area contributed by atoms with Crippen molar-refractivity contribution in [3.05, 3.63) is 45.7 Å². The van der Waals surface area contributed by atoms with E-state index in [4.69, 9.17) is 5.26 Å². The van der Waals surface area contributed by atoms with Crippen molar-refractivity contribution >= 4 is 25.8 Å². The van der Waals surface area contributed by atoms with E-state index in [1.54, 1.807) is 16.8 Å². The summed E-state index contributed by atoms with van der Waals surface area (Å²) in [5.74, 6) is -0.0592. The predicted octanol–water partition coefficient (Wildman–Crippen LogP) is 2.61. The second-order valence-corrected chi connectivity index (χ2v) is 7.57. The third-order valence-electron chi connectivity index (χ3n) is 3.19. The van der Waals surface area contributed by atoms with Gasteiger partial charge in [0.15, 0.2) is 9.84 Å². The van der Waals surface area contributed by atoms with Gasteiger partial charge in [0.1, 0.15) is 0 Å². The highest BCUT2D eigenvalue weighted by atomic mass is 79.9. The molecule has 0 bridgehead atoms. The molecule has 110 valence electrons. The fourth-order valence-electron chi connectivity index (χ4n) is 1.98. The number of benzene rings is 1. The minimum atomic E-state index is -3.44. The zero-order valence-corrected chi connectivity index (χ0v) is 14.1. The Balaban J connectivity index is 2.22. The molecule has 0 aliphatic carbocycles. The first kappa shape index (κ1) is 15.7. The topological polar surface area (TPSA) is 75.8 Å². The molecule has 1 aromatic heterocycles. The molecule has 0 spiro atoms. The molecule has 0 aliphatic heterocycles. The van der Waals surface area contributed by atoms with Crippen LogP contribution < -0.4 is 0 Å². The third kappa shape index (κ3) is 3.34. The lowest BCUT2D eigenvalue weighted by Gasteiger charge is -2.07. The average molecular weight is 368 g/mol. The maximum Gasteiger partial charge on any atom is 0.180 e. The maximum atomic E-state index is 12.3. The van der Waals surface area contributed by atoms with Crippen LogP contribution in [0.3, 0.4) is 0 Å². The van der Waals surface area contributed by atoms with E-state index in [-0.39, 0.29) is 17.2 Å². The summed E-state index contributed by atoms with van der Waals surface area (Å²) < 4.78 is 27.2. The van der Waals surface area contributed by atoms with Gasteiger partial charge in [-0.3, -0.25) is 4.68 Å². The zero-order chi connectivity index (χ0) is 15.6. The van der Waals surface area contributed by atoms with Crippen LogP contribution in [-0.2, 0) is 16.4 Å². The number of sulfone groups is 1. The van der Waals surface area contributed by atoms with E-state index in [1.807, 2.05) is 19.9 Å². The van der Waals surface area contributed by atoms with Crippen LogP contribution in [0.25, 0.3) is 0 Å². The Morgan fingerprint density at radius 3 is 2.67 bits per heavy atom. The Morgan fingerprint density at radius 2 is 2.10 bits per heavy atom. The van der Waals surface area contributed by atoms with Gasteiger partial charge in [-0.2, -0.15) is 10.4 Å². The molecular formula is C14H14BrN3O2S. The van der Waals surface area contributed by atoms with Gasteiger partial charge >= 0.3 is 0 Å². The number of nitrogens with zero attached hydrogens (tertiary/aromatic N) is 3. The van der Waals surface area contributed by atoms with Gasteiger partial charge < -0.3 is 0 Å². The van der Waals surface area contributed by atoms with Crippen molar-refractivity contribution in [1.82, 2.24) is 9.78 Å². The first-order valence-electron chi connectivity index (χ1n) is 6.27. The molecule has 0 fully saturated rings. The van der Waals surface area contributed by atoms with E-state index in [9.17, 15) is 8.42 Å². The Kier molecular flexibility index (Phi) is 4.49. The van der Waals surface area contributed by atoms with E-state index in [0.717, 1.165) is 15.9 Å². The third-order valence-corrected chi connectivity index (χ3v) is 6.03. The second-order valence-electron chi connectivity index (χ2n) is 4.67. The summed E-state index contributed by atoms with van der Waals surface area (Å²) in [5, 5.41) is 13.1. The molecule has 0 atom stereocenters. The number of hydrogen-bond acceptors (Lipinski definition) is 4. The number of aryl methyl sites for hydroxylation is 2. The van der Waals surface area contributed by atoms with Crippen molar-refractivity contribution in [2.75, 3.05) is 5.75 Å². The fourth-order valence-corrected chi connectivity index (χ4v) is 3.50. The van der Waals surface area contributed by atoms with Crippen molar-refractivity contribution in [3.63, 3.8) is 0 Å². The van der Waals surface area contributed by atoms with Crippen LogP contribution in [0.15, 0.2) is 33.6 Å². The lowest BCUT2D eigenvalue weighted by Crippen LogP contribution is -2.15. The van der Waals surface area contributed by atoms with Crippen molar-refractivity contribution < 1.29 is 8.42 Å². The SMILES string of the molecule is Cc1nn(CCS(=O)(=O)c2cccc(C#N)c2)c(C)c1Br. The van der Waals surface area contributed by atoms with Gasteiger partial charge in [0.05, 0.1) is 39.0 Å². The smallest absolute Gasteiger partial charge is 0.180 e. The summed E-state index contributed by atoms with van der Waals surface area (Å²) in [6, 6.07) is 8.00. The van der Waals surface area contributed by atoms with Crippen molar-refractivity contribution in [2.24, 2.45) is 0 Å². The van der Waals surface area contributed by atoms with Crippen LogP contribution in [0.5, 0.6) is 0 Å². The van der Waals surface area contributed by atoms with E-state index < -0.39 is 9.84 Å². The van der Waals surface area contributed by atoms with Crippen molar-refractivity contribution in [2.45, 2.75) is 25.3 Å². The molecule has 0 unspecified atom stereocenters. The first-order chi connectivity index (χ1) is 9.85. The summed E-state index contributed by atoms with van der Waals surface area (Å²) in [6.45, 7) is 4.02. The lowest BCUT2D eigenvalue weighted by molar-refractivity contribution is 0.576. The summed E-state index contributed by atoms with van der Waals surface area (Å²) >= 11 is 3.42. The molecule has 5 nitrogen and oxygen atoms in total. The number of aromatic nitrogens is 2. The molecule has 0 saturated carbocycles. The molecule has 0 saturated heterocycles. The molecule has 1 heterocycles. The molecule has 2 rings (SSSR count). The van der Waals surface area contributed by atoms with Crippen molar-refractivity contribution in [3.8, 4) is 6.07 Å². The monoisotopic (exact) mass is 367 g/mol. The second kappa shape index (κ2) is 6.00. The van der Waals surface area contributed by atoms with Crippen LogP contribution in [0.2, 0.25) is 0 Å². The van der Waals surface area contributed by atoms with Gasteiger partial charge in [-0.25, -0.2) is 8.42 Å². The Morgan fingerprint density at radius 1 is 1.38 bits per heavy atom. The fraction of sp³-hybridized carbons (Fsp3) is 0.286. The highest BCUT2D eigenvalue weighted by Crippen LogP contribution is 2.20. The molecule has 21 heavy (non-hydrogen) atoms. The molecule has 2 aromatic rings. The van der Waals surface area contributed by atoms with Gasteiger partial charge in [-0.15, -0.1) is 0 Å². The molecular weight excluding hydrogens is 354 g/mol. The Bertz CT molecular complexity index is 819. The molecule has 0 N–H and O–H groups in total. The van der Waals surface area contributed by atoms with Crippen LogP contribution in [0.4, 0.5) is 0 Å². The number of hydrogen-bond donors (Lipinski definition) is 0. The van der Waals surface area contributed by atoms with Gasteiger partial charge in [0.2, 0.25) is 0 Å². The van der Waals surface area contributed by atoms with E-state index in [2.05, 4.69) is 21.0 Å². The highest BCUT2D eigenvalue weighted by Gasteiger charge is 2.17. The summed E-state index contributed by atoms with van der Waals surface area (Å²) in [6.07, 6.45) is 0. The average Bonchev–Trinajstić information content (AvgIpc) is 2.72. The summed E-state index contributed by atoms with van der Waals surface area (Å²) in [4.78, 5) is 0.169. The normalized spacial score (nSPS) is 11.3. The lowest BCUT2D eigenvalue weighted by atomic mass is 10.2. The van der Waals surface area contributed by atoms with Gasteiger partial charge in [0, 0.05) is 5.69 Å².